The number of likely N-dealkylation sites (N-methyl/N-ethyl adjacent to an activating group) is 1. The first-order chi connectivity index (χ1) is 12.0. The van der Waals surface area contributed by atoms with E-state index in [1.54, 1.807) is 4.90 Å². The van der Waals surface area contributed by atoms with Crippen LogP contribution in [0.5, 0.6) is 5.75 Å². The van der Waals surface area contributed by atoms with Gasteiger partial charge in [0.05, 0.1) is 6.54 Å². The van der Waals surface area contributed by atoms with Gasteiger partial charge in [-0.05, 0) is 44.7 Å². The molecule has 25 heavy (non-hydrogen) atoms. The Kier molecular flexibility index (Phi) is 5.61. The van der Waals surface area contributed by atoms with E-state index in [2.05, 4.69) is 0 Å². The maximum Gasteiger partial charge on any atom is 0.225 e. The van der Waals surface area contributed by atoms with Gasteiger partial charge < -0.3 is 14.5 Å². The summed E-state index contributed by atoms with van der Waals surface area (Å²) in [6, 6.07) is 7.93. The van der Waals surface area contributed by atoms with Crippen molar-refractivity contribution < 1.29 is 14.3 Å². The van der Waals surface area contributed by atoms with E-state index in [0.29, 0.717) is 19.1 Å². The quantitative estimate of drug-likeness (QED) is 0.797. The molecule has 5 heteroatoms. The minimum absolute atomic E-state index is 0.0348. The number of hydrogen-bond acceptors (Lipinski definition) is 3. The predicted octanol–water partition coefficient (Wildman–Crippen LogP) is 2.48. The van der Waals surface area contributed by atoms with Gasteiger partial charge in [-0.1, -0.05) is 17.7 Å². The van der Waals surface area contributed by atoms with E-state index < -0.39 is 0 Å². The summed E-state index contributed by atoms with van der Waals surface area (Å²) in [6.45, 7) is 4.55. The van der Waals surface area contributed by atoms with Gasteiger partial charge in [-0.3, -0.25) is 9.59 Å². The number of aryl methyl sites for hydroxylation is 1. The molecule has 1 aliphatic carbocycles. The average Bonchev–Trinajstić information content (AvgIpc) is 3.47. The number of nitrogens with zero attached hydrogens (tertiary/aromatic N) is 2. The second-order valence-corrected chi connectivity index (χ2v) is 7.30. The third-order valence-corrected chi connectivity index (χ3v) is 5.18. The maximum absolute atomic E-state index is 12.6. The van der Waals surface area contributed by atoms with Crippen molar-refractivity contribution >= 4 is 11.8 Å². The van der Waals surface area contributed by atoms with Crippen LogP contribution in [0.1, 0.15) is 31.2 Å². The van der Waals surface area contributed by atoms with Gasteiger partial charge in [0.2, 0.25) is 11.8 Å². The van der Waals surface area contributed by atoms with Gasteiger partial charge in [0.15, 0.2) is 0 Å². The third-order valence-electron chi connectivity index (χ3n) is 5.18. The number of amides is 2. The highest BCUT2D eigenvalue weighted by Gasteiger charge is 2.36. The van der Waals surface area contributed by atoms with E-state index in [4.69, 9.17) is 4.74 Å². The molecule has 0 unspecified atom stereocenters. The molecule has 0 bridgehead atoms. The van der Waals surface area contributed by atoms with Crippen molar-refractivity contribution in [3.63, 3.8) is 0 Å². The lowest BCUT2D eigenvalue weighted by atomic mass is 9.95. The summed E-state index contributed by atoms with van der Waals surface area (Å²) in [5.74, 6) is 1.61. The number of carbonyl (C=O) groups is 2. The van der Waals surface area contributed by atoms with Crippen LogP contribution >= 0.6 is 0 Å². The predicted molar refractivity (Wildman–Crippen MR) is 96.3 cm³/mol. The number of rotatable bonds is 6. The second kappa shape index (κ2) is 7.89. The van der Waals surface area contributed by atoms with Crippen LogP contribution < -0.4 is 4.74 Å². The van der Waals surface area contributed by atoms with E-state index in [-0.39, 0.29) is 17.7 Å². The van der Waals surface area contributed by atoms with Crippen molar-refractivity contribution in [3.05, 3.63) is 29.8 Å². The van der Waals surface area contributed by atoms with Crippen LogP contribution in [-0.4, -0.2) is 54.9 Å². The molecule has 2 fully saturated rings. The van der Waals surface area contributed by atoms with Crippen molar-refractivity contribution in [2.45, 2.75) is 32.6 Å². The van der Waals surface area contributed by atoms with Crippen molar-refractivity contribution in [1.82, 2.24) is 9.80 Å². The maximum atomic E-state index is 12.6. The second-order valence-electron chi connectivity index (χ2n) is 7.30. The smallest absolute Gasteiger partial charge is 0.225 e. The third kappa shape index (κ3) is 4.74. The topological polar surface area (TPSA) is 49.9 Å². The molecule has 0 atom stereocenters. The van der Waals surface area contributed by atoms with E-state index in [0.717, 1.165) is 44.5 Å². The summed E-state index contributed by atoms with van der Waals surface area (Å²) in [5.41, 5.74) is 1.20. The minimum Gasteiger partial charge on any atom is -0.492 e. The number of benzene rings is 1. The summed E-state index contributed by atoms with van der Waals surface area (Å²) >= 11 is 0. The van der Waals surface area contributed by atoms with Crippen molar-refractivity contribution in [2.24, 2.45) is 11.8 Å². The lowest BCUT2D eigenvalue weighted by molar-refractivity contribution is -0.140. The summed E-state index contributed by atoms with van der Waals surface area (Å²) in [4.78, 5) is 28.4. The molecule has 1 heterocycles. The lowest BCUT2D eigenvalue weighted by Gasteiger charge is -2.33. The molecule has 136 valence electrons. The summed E-state index contributed by atoms with van der Waals surface area (Å²) < 4.78 is 5.70. The zero-order chi connectivity index (χ0) is 17.8. The Morgan fingerprint density at radius 2 is 1.72 bits per heavy atom. The van der Waals surface area contributed by atoms with Crippen molar-refractivity contribution in [2.75, 3.05) is 33.3 Å². The molecular weight excluding hydrogens is 316 g/mol. The van der Waals surface area contributed by atoms with Crippen molar-refractivity contribution in [1.29, 1.82) is 0 Å². The first-order valence-corrected chi connectivity index (χ1v) is 9.28. The zero-order valence-electron chi connectivity index (χ0n) is 15.2. The lowest BCUT2D eigenvalue weighted by Crippen LogP contribution is -2.44. The highest BCUT2D eigenvalue weighted by molar-refractivity contribution is 5.82. The fourth-order valence-electron chi connectivity index (χ4n) is 3.29. The number of piperidine rings is 1. The van der Waals surface area contributed by atoms with E-state index in [1.807, 2.05) is 43.1 Å². The minimum atomic E-state index is 0.0348. The SMILES string of the molecule is Cc1ccc(OCCN(C)C(=O)C2CCN(C(=O)C3CC3)CC2)cc1. The van der Waals surface area contributed by atoms with Crippen LogP contribution in [0.4, 0.5) is 0 Å². The number of hydrogen-bond donors (Lipinski definition) is 0. The molecule has 1 aromatic rings. The van der Waals surface area contributed by atoms with Gasteiger partial charge in [0.1, 0.15) is 12.4 Å². The molecule has 0 spiro atoms. The standard InChI is InChI=1S/C20H28N2O3/c1-15-3-7-18(8-4-15)25-14-13-21(2)19(23)17-9-11-22(12-10-17)20(24)16-5-6-16/h3-4,7-8,16-17H,5-6,9-14H2,1-2H3. The monoisotopic (exact) mass is 344 g/mol. The van der Waals surface area contributed by atoms with Crippen molar-refractivity contribution in [3.8, 4) is 5.75 Å². The summed E-state index contributed by atoms with van der Waals surface area (Å²) in [6.07, 6.45) is 3.64. The Morgan fingerprint density at radius 1 is 1.08 bits per heavy atom. The highest BCUT2D eigenvalue weighted by atomic mass is 16.5. The van der Waals surface area contributed by atoms with Gasteiger partial charge in [0.25, 0.3) is 0 Å². The van der Waals surface area contributed by atoms with Crippen LogP contribution in [0.3, 0.4) is 0 Å². The Hall–Kier alpha value is -2.04. The fraction of sp³-hybridized carbons (Fsp3) is 0.600. The highest BCUT2D eigenvalue weighted by Crippen LogP contribution is 2.32. The number of ether oxygens (including phenoxy) is 1. The summed E-state index contributed by atoms with van der Waals surface area (Å²) in [5, 5.41) is 0. The van der Waals surface area contributed by atoms with Crippen LogP contribution in [0.15, 0.2) is 24.3 Å². The molecule has 1 aliphatic heterocycles. The molecule has 1 saturated carbocycles. The normalized spacial score (nSPS) is 18.1. The first kappa shape index (κ1) is 17.8. The molecule has 5 nitrogen and oxygen atoms in total. The fourth-order valence-corrected chi connectivity index (χ4v) is 3.29. The van der Waals surface area contributed by atoms with Crippen LogP contribution in [0.2, 0.25) is 0 Å². The number of likely N-dealkylation sites (tertiary alicyclic amines) is 1. The molecule has 0 N–H and O–H groups in total. The molecule has 0 aromatic heterocycles. The molecule has 0 radical (unpaired) electrons. The molecule has 2 amide bonds. The zero-order valence-corrected chi connectivity index (χ0v) is 15.2. The Labute approximate surface area is 149 Å². The van der Waals surface area contributed by atoms with Gasteiger partial charge in [-0.15, -0.1) is 0 Å². The Morgan fingerprint density at radius 3 is 2.32 bits per heavy atom. The summed E-state index contributed by atoms with van der Waals surface area (Å²) in [7, 11) is 1.84. The van der Waals surface area contributed by atoms with Gasteiger partial charge in [-0.2, -0.15) is 0 Å². The Balaban J connectivity index is 1.38. The van der Waals surface area contributed by atoms with Crippen LogP contribution in [0.25, 0.3) is 0 Å². The van der Waals surface area contributed by atoms with E-state index >= 15 is 0 Å². The molecular formula is C20H28N2O3. The van der Waals surface area contributed by atoms with Crippen LogP contribution in [0, 0.1) is 18.8 Å². The molecule has 3 rings (SSSR count). The van der Waals surface area contributed by atoms with Crippen LogP contribution in [-0.2, 0) is 9.59 Å². The van der Waals surface area contributed by atoms with Gasteiger partial charge in [-0.25, -0.2) is 0 Å². The van der Waals surface area contributed by atoms with E-state index in [1.165, 1.54) is 5.56 Å². The number of carbonyl (C=O) groups excluding carboxylic acids is 2. The average molecular weight is 344 g/mol. The van der Waals surface area contributed by atoms with E-state index in [9.17, 15) is 9.59 Å². The van der Waals surface area contributed by atoms with Gasteiger partial charge >= 0.3 is 0 Å². The largest absolute Gasteiger partial charge is 0.492 e. The molecule has 1 saturated heterocycles. The molecule has 2 aliphatic rings. The molecule has 1 aromatic carbocycles. The first-order valence-electron chi connectivity index (χ1n) is 9.28. The Bertz CT molecular complexity index is 602. The van der Waals surface area contributed by atoms with Gasteiger partial charge in [0, 0.05) is 32.0 Å².